The number of pyridine rings is 1. The van der Waals surface area contributed by atoms with E-state index in [9.17, 15) is 5.21 Å². The van der Waals surface area contributed by atoms with Crippen LogP contribution < -0.4 is 9.47 Å². The molecule has 0 aliphatic carbocycles. The van der Waals surface area contributed by atoms with Gasteiger partial charge in [0.15, 0.2) is 11.9 Å². The van der Waals surface area contributed by atoms with Crippen LogP contribution in [0.15, 0.2) is 24.5 Å². The molecular weight excluding hydrogens is 142 g/mol. The van der Waals surface area contributed by atoms with Gasteiger partial charge in [-0.15, -0.1) is 0 Å². The first-order chi connectivity index (χ1) is 5.18. The molecule has 0 radical (unpaired) electrons. The molecule has 0 amide bonds. The van der Waals surface area contributed by atoms with Crippen LogP contribution >= 0.6 is 0 Å². The van der Waals surface area contributed by atoms with Gasteiger partial charge in [0.25, 0.3) is 0 Å². The highest BCUT2D eigenvalue weighted by molar-refractivity contribution is 5.12. The molecule has 3 nitrogen and oxygen atoms in total. The number of aromatic nitrogens is 1. The third-order valence-corrected chi connectivity index (χ3v) is 1.12. The second kappa shape index (κ2) is 3.23. The predicted octanol–water partition coefficient (Wildman–Crippen LogP) is 1.11. The van der Waals surface area contributed by atoms with Crippen LogP contribution in [0.3, 0.4) is 0 Å². The molecule has 0 aliphatic heterocycles. The standard InChI is InChI=1S/C8H11NO2/c1-7(2)11-8-4-3-5-9(10)6-8/h3-7H,1-2H3. The highest BCUT2D eigenvalue weighted by atomic mass is 16.5. The first-order valence-corrected chi connectivity index (χ1v) is 3.54. The van der Waals surface area contributed by atoms with Crippen LogP contribution in [0.5, 0.6) is 5.75 Å². The number of hydrogen-bond acceptors (Lipinski definition) is 2. The zero-order valence-electron chi connectivity index (χ0n) is 6.65. The lowest BCUT2D eigenvalue weighted by molar-refractivity contribution is -0.605. The third kappa shape index (κ3) is 2.45. The second-order valence-electron chi connectivity index (χ2n) is 2.57. The molecule has 3 heteroatoms. The maximum absolute atomic E-state index is 10.7. The van der Waals surface area contributed by atoms with Gasteiger partial charge in [-0.3, -0.25) is 0 Å². The number of nitrogens with zero attached hydrogens (tertiary/aromatic N) is 1. The highest BCUT2D eigenvalue weighted by Gasteiger charge is 1.99. The van der Waals surface area contributed by atoms with Crippen molar-refractivity contribution in [1.82, 2.24) is 0 Å². The van der Waals surface area contributed by atoms with E-state index in [1.54, 1.807) is 12.1 Å². The van der Waals surface area contributed by atoms with Gasteiger partial charge in [-0.25, -0.2) is 0 Å². The van der Waals surface area contributed by atoms with E-state index in [4.69, 9.17) is 4.74 Å². The number of rotatable bonds is 2. The maximum Gasteiger partial charge on any atom is 0.222 e. The minimum Gasteiger partial charge on any atom is -0.619 e. The van der Waals surface area contributed by atoms with Gasteiger partial charge in [0.1, 0.15) is 0 Å². The molecule has 11 heavy (non-hydrogen) atoms. The molecule has 0 saturated heterocycles. The Morgan fingerprint density at radius 3 is 2.82 bits per heavy atom. The average Bonchev–Trinajstić information content (AvgIpc) is 1.85. The average molecular weight is 153 g/mol. The van der Waals surface area contributed by atoms with Gasteiger partial charge in [0.2, 0.25) is 6.20 Å². The number of hydrogen-bond donors (Lipinski definition) is 0. The summed E-state index contributed by atoms with van der Waals surface area (Å²) < 4.78 is 5.99. The van der Waals surface area contributed by atoms with E-state index < -0.39 is 0 Å². The Labute approximate surface area is 65.8 Å². The van der Waals surface area contributed by atoms with Crippen molar-refractivity contribution in [3.05, 3.63) is 29.7 Å². The van der Waals surface area contributed by atoms with Gasteiger partial charge in [-0.2, -0.15) is 4.73 Å². The van der Waals surface area contributed by atoms with E-state index in [2.05, 4.69) is 0 Å². The van der Waals surface area contributed by atoms with Crippen molar-refractivity contribution >= 4 is 0 Å². The summed E-state index contributed by atoms with van der Waals surface area (Å²) in [6.07, 6.45) is 2.94. The minimum absolute atomic E-state index is 0.109. The van der Waals surface area contributed by atoms with Crippen LogP contribution in [0.1, 0.15) is 13.8 Å². The monoisotopic (exact) mass is 153 g/mol. The topological polar surface area (TPSA) is 36.2 Å². The first kappa shape index (κ1) is 7.85. The van der Waals surface area contributed by atoms with Crippen molar-refractivity contribution in [1.29, 1.82) is 0 Å². The summed E-state index contributed by atoms with van der Waals surface area (Å²) in [6, 6.07) is 3.42. The molecule has 0 N–H and O–H groups in total. The van der Waals surface area contributed by atoms with Crippen LogP contribution in [-0.2, 0) is 0 Å². The normalized spacial score (nSPS) is 10.1. The lowest BCUT2D eigenvalue weighted by Gasteiger charge is -2.07. The molecular formula is C8H11NO2. The molecule has 0 unspecified atom stereocenters. The molecule has 0 atom stereocenters. The SMILES string of the molecule is CC(C)Oc1ccc[n+]([O-])c1. The van der Waals surface area contributed by atoms with E-state index in [-0.39, 0.29) is 6.10 Å². The van der Waals surface area contributed by atoms with E-state index in [0.717, 1.165) is 4.73 Å². The Hall–Kier alpha value is -1.25. The maximum atomic E-state index is 10.7. The van der Waals surface area contributed by atoms with Crippen molar-refractivity contribution in [2.24, 2.45) is 0 Å². The van der Waals surface area contributed by atoms with Crippen LogP contribution in [0, 0.1) is 5.21 Å². The molecule has 0 saturated carbocycles. The molecule has 1 aromatic heterocycles. The van der Waals surface area contributed by atoms with Crippen LogP contribution in [0.2, 0.25) is 0 Å². The Bertz CT molecular complexity index is 235. The van der Waals surface area contributed by atoms with Crippen molar-refractivity contribution in [2.75, 3.05) is 0 Å². The summed E-state index contributed by atoms with van der Waals surface area (Å²) in [5.74, 6) is 0.609. The first-order valence-electron chi connectivity index (χ1n) is 3.54. The largest absolute Gasteiger partial charge is 0.619 e. The smallest absolute Gasteiger partial charge is 0.222 e. The van der Waals surface area contributed by atoms with Crippen LogP contribution in [0.4, 0.5) is 0 Å². The lowest BCUT2D eigenvalue weighted by atomic mass is 10.4. The summed E-state index contributed by atoms with van der Waals surface area (Å²) in [5.41, 5.74) is 0. The summed E-state index contributed by atoms with van der Waals surface area (Å²) in [6.45, 7) is 3.84. The number of ether oxygens (including phenoxy) is 1. The van der Waals surface area contributed by atoms with Gasteiger partial charge < -0.3 is 9.94 Å². The molecule has 1 aromatic rings. The molecule has 0 aromatic carbocycles. The fourth-order valence-corrected chi connectivity index (χ4v) is 0.776. The Morgan fingerprint density at radius 2 is 2.27 bits per heavy atom. The Balaban J connectivity index is 2.71. The van der Waals surface area contributed by atoms with Crippen LogP contribution in [0.25, 0.3) is 0 Å². The van der Waals surface area contributed by atoms with Gasteiger partial charge >= 0.3 is 0 Å². The summed E-state index contributed by atoms with van der Waals surface area (Å²) >= 11 is 0. The predicted molar refractivity (Wildman–Crippen MR) is 41.2 cm³/mol. The minimum atomic E-state index is 0.109. The fourth-order valence-electron chi connectivity index (χ4n) is 0.776. The summed E-state index contributed by atoms with van der Waals surface area (Å²) in [4.78, 5) is 0. The van der Waals surface area contributed by atoms with E-state index in [1.807, 2.05) is 13.8 Å². The summed E-state index contributed by atoms with van der Waals surface area (Å²) in [5, 5.41) is 10.7. The summed E-state index contributed by atoms with van der Waals surface area (Å²) in [7, 11) is 0. The Morgan fingerprint density at radius 1 is 1.55 bits per heavy atom. The molecule has 1 heterocycles. The third-order valence-electron chi connectivity index (χ3n) is 1.12. The zero-order valence-corrected chi connectivity index (χ0v) is 6.65. The molecule has 0 fully saturated rings. The van der Waals surface area contributed by atoms with E-state index in [1.165, 1.54) is 12.4 Å². The zero-order chi connectivity index (χ0) is 8.27. The van der Waals surface area contributed by atoms with Crippen LogP contribution in [-0.4, -0.2) is 6.10 Å². The van der Waals surface area contributed by atoms with Gasteiger partial charge in [-0.1, -0.05) is 0 Å². The van der Waals surface area contributed by atoms with Gasteiger partial charge in [0, 0.05) is 6.07 Å². The second-order valence-corrected chi connectivity index (χ2v) is 2.57. The van der Waals surface area contributed by atoms with Crippen molar-refractivity contribution in [3.8, 4) is 5.75 Å². The fraction of sp³-hybridized carbons (Fsp3) is 0.375. The lowest BCUT2D eigenvalue weighted by Crippen LogP contribution is -2.24. The van der Waals surface area contributed by atoms with Gasteiger partial charge in [0.05, 0.1) is 6.10 Å². The van der Waals surface area contributed by atoms with E-state index >= 15 is 0 Å². The Kier molecular flexibility index (Phi) is 2.31. The highest BCUT2D eigenvalue weighted by Crippen LogP contribution is 2.06. The molecule has 0 aliphatic rings. The molecule has 0 bridgehead atoms. The molecule has 1 rings (SSSR count). The molecule has 0 spiro atoms. The molecule has 60 valence electrons. The van der Waals surface area contributed by atoms with Crippen molar-refractivity contribution < 1.29 is 9.47 Å². The quantitative estimate of drug-likeness (QED) is 0.471. The van der Waals surface area contributed by atoms with Crippen molar-refractivity contribution in [3.63, 3.8) is 0 Å². The van der Waals surface area contributed by atoms with E-state index in [0.29, 0.717) is 5.75 Å². The van der Waals surface area contributed by atoms with Crippen molar-refractivity contribution in [2.45, 2.75) is 20.0 Å². The van der Waals surface area contributed by atoms with Gasteiger partial charge in [-0.05, 0) is 19.9 Å².